The van der Waals surface area contributed by atoms with Crippen molar-refractivity contribution in [2.75, 3.05) is 7.11 Å². The van der Waals surface area contributed by atoms with Gasteiger partial charge in [-0.15, -0.1) is 0 Å². The van der Waals surface area contributed by atoms with E-state index in [-0.39, 0.29) is 17.7 Å². The highest BCUT2D eigenvalue weighted by atomic mass is 79.9. The minimum atomic E-state index is -4.02. The van der Waals surface area contributed by atoms with Crippen LogP contribution in [0.2, 0.25) is 0 Å². The molecule has 0 amide bonds. The smallest absolute Gasteiger partial charge is 0.321 e. The number of esters is 1. The molecule has 1 unspecified atom stereocenters. The zero-order chi connectivity index (χ0) is 16.0. The van der Waals surface area contributed by atoms with Crippen molar-refractivity contribution >= 4 is 37.9 Å². The lowest BCUT2D eigenvalue weighted by Gasteiger charge is -2.15. The maximum Gasteiger partial charge on any atom is 0.321 e. The summed E-state index contributed by atoms with van der Waals surface area (Å²) in [5, 5.41) is 9.05. The number of benzene rings is 1. The van der Waals surface area contributed by atoms with Gasteiger partial charge in [0.1, 0.15) is 6.04 Å². The summed E-state index contributed by atoms with van der Waals surface area (Å²) in [6, 6.07) is 4.60. The quantitative estimate of drug-likeness (QED) is 0.687. The van der Waals surface area contributed by atoms with Gasteiger partial charge in [-0.05, 0) is 34.5 Å². The summed E-state index contributed by atoms with van der Waals surface area (Å²) < 4.78 is 31.1. The van der Waals surface area contributed by atoms with E-state index in [0.717, 1.165) is 0 Å². The Morgan fingerprint density at radius 2 is 2.00 bits per heavy atom. The van der Waals surface area contributed by atoms with Gasteiger partial charge in [-0.2, -0.15) is 4.72 Å². The van der Waals surface area contributed by atoms with E-state index in [2.05, 4.69) is 25.4 Å². The first kappa shape index (κ1) is 17.6. The lowest BCUT2D eigenvalue weighted by Crippen LogP contribution is -2.41. The minimum absolute atomic E-state index is 0.0747. The van der Waals surface area contributed by atoms with E-state index in [0.29, 0.717) is 4.47 Å². The van der Waals surface area contributed by atoms with E-state index in [9.17, 15) is 18.0 Å². The summed E-state index contributed by atoms with van der Waals surface area (Å²) in [6.45, 7) is 0. The largest absolute Gasteiger partial charge is 0.480 e. The van der Waals surface area contributed by atoms with Crippen LogP contribution in [0.3, 0.4) is 0 Å². The van der Waals surface area contributed by atoms with Crippen LogP contribution in [0.1, 0.15) is 12.8 Å². The van der Waals surface area contributed by atoms with E-state index in [1.165, 1.54) is 25.3 Å². The topological polar surface area (TPSA) is 110 Å². The van der Waals surface area contributed by atoms with Crippen molar-refractivity contribution < 1.29 is 27.9 Å². The van der Waals surface area contributed by atoms with Gasteiger partial charge in [0.05, 0.1) is 12.0 Å². The number of hydrogen-bond donors (Lipinski definition) is 2. The normalized spacial score (nSPS) is 12.7. The lowest BCUT2D eigenvalue weighted by atomic mass is 10.2. The molecule has 0 fully saturated rings. The zero-order valence-electron chi connectivity index (χ0n) is 11.1. The number of aliphatic carboxylic acids is 1. The average molecular weight is 380 g/mol. The molecule has 0 aliphatic carbocycles. The number of carbonyl (C=O) groups is 2. The van der Waals surface area contributed by atoms with Crippen molar-refractivity contribution in [3.63, 3.8) is 0 Å². The van der Waals surface area contributed by atoms with Gasteiger partial charge in [0.2, 0.25) is 10.0 Å². The van der Waals surface area contributed by atoms with Crippen LogP contribution in [0.25, 0.3) is 0 Å². The minimum Gasteiger partial charge on any atom is -0.480 e. The monoisotopic (exact) mass is 379 g/mol. The van der Waals surface area contributed by atoms with Gasteiger partial charge >= 0.3 is 11.9 Å². The summed E-state index contributed by atoms with van der Waals surface area (Å²) >= 11 is 3.09. The standard InChI is InChI=1S/C12H14BrNO6S/c1-20-11(15)7-6-9(12(16)17)14-21(18,19)10-5-3-2-4-8(10)13/h2-5,9,14H,6-7H2,1H3,(H,16,17). The molecule has 116 valence electrons. The number of nitrogens with one attached hydrogen (secondary N) is 1. The number of carbonyl (C=O) groups excluding carboxylic acids is 1. The second kappa shape index (κ2) is 7.53. The average Bonchev–Trinajstić information content (AvgIpc) is 2.42. The fraction of sp³-hybridized carbons (Fsp3) is 0.333. The Bertz CT molecular complexity index is 630. The summed E-state index contributed by atoms with van der Waals surface area (Å²) in [5.74, 6) is -1.98. The van der Waals surface area contributed by atoms with Crippen LogP contribution in [0.5, 0.6) is 0 Å². The fourth-order valence-electron chi connectivity index (χ4n) is 1.51. The number of carboxylic acids is 1. The Labute approximate surface area is 130 Å². The molecular formula is C12H14BrNO6S. The van der Waals surface area contributed by atoms with Gasteiger partial charge in [-0.1, -0.05) is 12.1 Å². The van der Waals surface area contributed by atoms with E-state index < -0.39 is 28.0 Å². The Hall–Kier alpha value is -1.45. The van der Waals surface area contributed by atoms with Gasteiger partial charge in [-0.25, -0.2) is 8.42 Å². The predicted molar refractivity (Wildman–Crippen MR) is 77.1 cm³/mol. The van der Waals surface area contributed by atoms with Crippen molar-refractivity contribution in [1.82, 2.24) is 4.72 Å². The number of sulfonamides is 1. The molecule has 9 heteroatoms. The second-order valence-corrected chi connectivity index (χ2v) is 6.59. The van der Waals surface area contributed by atoms with E-state index in [1.54, 1.807) is 6.07 Å². The highest BCUT2D eigenvalue weighted by Crippen LogP contribution is 2.21. The number of carboxylic acid groups (broad SMARTS) is 1. The molecule has 0 heterocycles. The Morgan fingerprint density at radius 1 is 1.38 bits per heavy atom. The maximum absolute atomic E-state index is 12.2. The molecule has 0 aliphatic rings. The van der Waals surface area contributed by atoms with E-state index in [1.807, 2.05) is 0 Å². The Balaban J connectivity index is 2.90. The molecule has 0 bridgehead atoms. The van der Waals surface area contributed by atoms with Gasteiger partial charge < -0.3 is 9.84 Å². The van der Waals surface area contributed by atoms with Crippen LogP contribution < -0.4 is 4.72 Å². The number of methoxy groups -OCH3 is 1. The number of hydrogen-bond acceptors (Lipinski definition) is 5. The van der Waals surface area contributed by atoms with Gasteiger partial charge in [0, 0.05) is 10.9 Å². The third-order valence-corrected chi connectivity index (χ3v) is 5.07. The molecule has 1 aromatic rings. The molecule has 0 saturated heterocycles. The van der Waals surface area contributed by atoms with E-state index >= 15 is 0 Å². The number of ether oxygens (including phenoxy) is 1. The molecule has 7 nitrogen and oxygen atoms in total. The molecule has 2 N–H and O–H groups in total. The molecule has 1 aromatic carbocycles. The van der Waals surface area contributed by atoms with Crippen LogP contribution in [-0.2, 0) is 24.3 Å². The number of halogens is 1. The molecular weight excluding hydrogens is 366 g/mol. The first-order valence-electron chi connectivity index (χ1n) is 5.84. The third-order valence-electron chi connectivity index (χ3n) is 2.59. The summed E-state index contributed by atoms with van der Waals surface area (Å²) in [7, 11) is -2.85. The van der Waals surface area contributed by atoms with Gasteiger partial charge in [0.15, 0.2) is 0 Å². The van der Waals surface area contributed by atoms with Gasteiger partial charge in [0.25, 0.3) is 0 Å². The predicted octanol–water partition coefficient (Wildman–Crippen LogP) is 1.13. The van der Waals surface area contributed by atoms with Gasteiger partial charge in [-0.3, -0.25) is 9.59 Å². The second-order valence-electron chi connectivity index (χ2n) is 4.06. The maximum atomic E-state index is 12.2. The first-order valence-corrected chi connectivity index (χ1v) is 8.12. The summed E-state index contributed by atoms with van der Waals surface area (Å²) in [5.41, 5.74) is 0. The van der Waals surface area contributed by atoms with Crippen molar-refractivity contribution in [3.8, 4) is 0 Å². The van der Waals surface area contributed by atoms with Crippen LogP contribution in [0.15, 0.2) is 33.6 Å². The Kier molecular flexibility index (Phi) is 6.31. The number of rotatable bonds is 7. The highest BCUT2D eigenvalue weighted by molar-refractivity contribution is 9.10. The SMILES string of the molecule is COC(=O)CCC(NS(=O)(=O)c1ccccc1Br)C(=O)O. The highest BCUT2D eigenvalue weighted by Gasteiger charge is 2.27. The summed E-state index contributed by atoms with van der Waals surface area (Å²) in [6.07, 6.45) is -0.405. The molecule has 0 aromatic heterocycles. The van der Waals surface area contributed by atoms with Crippen LogP contribution in [-0.4, -0.2) is 38.6 Å². The Morgan fingerprint density at radius 3 is 2.52 bits per heavy atom. The van der Waals surface area contributed by atoms with Crippen LogP contribution >= 0.6 is 15.9 Å². The third kappa shape index (κ3) is 5.10. The van der Waals surface area contributed by atoms with Crippen molar-refractivity contribution in [1.29, 1.82) is 0 Å². The lowest BCUT2D eigenvalue weighted by molar-refractivity contribution is -0.142. The fourth-order valence-corrected chi connectivity index (χ4v) is 3.74. The zero-order valence-corrected chi connectivity index (χ0v) is 13.5. The van der Waals surface area contributed by atoms with Crippen molar-refractivity contribution in [2.45, 2.75) is 23.8 Å². The molecule has 0 saturated carbocycles. The summed E-state index contributed by atoms with van der Waals surface area (Å²) in [4.78, 5) is 22.1. The van der Waals surface area contributed by atoms with E-state index in [4.69, 9.17) is 5.11 Å². The van der Waals surface area contributed by atoms with Crippen LogP contribution in [0, 0.1) is 0 Å². The van der Waals surface area contributed by atoms with Crippen LogP contribution in [0.4, 0.5) is 0 Å². The molecule has 0 aliphatic heterocycles. The molecule has 0 spiro atoms. The van der Waals surface area contributed by atoms with Crippen molar-refractivity contribution in [2.24, 2.45) is 0 Å². The van der Waals surface area contributed by atoms with Crippen molar-refractivity contribution in [3.05, 3.63) is 28.7 Å². The first-order chi connectivity index (χ1) is 9.77. The molecule has 1 atom stereocenters. The molecule has 0 radical (unpaired) electrons. The molecule has 1 rings (SSSR count). The molecule has 21 heavy (non-hydrogen) atoms.